The van der Waals surface area contributed by atoms with Gasteiger partial charge >= 0.3 is 0 Å². The van der Waals surface area contributed by atoms with Gasteiger partial charge in [0.15, 0.2) is 0 Å². The summed E-state index contributed by atoms with van der Waals surface area (Å²) in [6.45, 7) is 5.70. The number of rotatable bonds is 3. The van der Waals surface area contributed by atoms with Gasteiger partial charge in [-0.15, -0.1) is 0 Å². The third-order valence-corrected chi connectivity index (χ3v) is 3.42. The number of hydrogen-bond donors (Lipinski definition) is 1. The van der Waals surface area contributed by atoms with Gasteiger partial charge in [-0.25, -0.2) is 14.2 Å². The van der Waals surface area contributed by atoms with Crippen LogP contribution in [0.1, 0.15) is 31.2 Å². The molecule has 5 heteroatoms. The predicted molar refractivity (Wildman–Crippen MR) is 57.0 cm³/mol. The molecule has 3 atom stereocenters. The molecule has 2 N–H and O–H groups in total. The summed E-state index contributed by atoms with van der Waals surface area (Å²) in [6, 6.07) is 0. The van der Waals surface area contributed by atoms with Crippen LogP contribution in [0.15, 0.2) is 12.4 Å². The van der Waals surface area contributed by atoms with E-state index in [1.54, 1.807) is 12.4 Å². The molecule has 1 aromatic rings. The lowest BCUT2D eigenvalue weighted by molar-refractivity contribution is 0.637. The van der Waals surface area contributed by atoms with Crippen molar-refractivity contribution in [2.45, 2.75) is 31.9 Å². The first-order chi connectivity index (χ1) is 6.52. The molecule has 0 fully saturated rings. The first kappa shape index (κ1) is 11.3. The van der Waals surface area contributed by atoms with Gasteiger partial charge in [-0.3, -0.25) is 5.14 Å². The third kappa shape index (κ3) is 2.59. The molecule has 0 saturated heterocycles. The number of aryl methyl sites for hydroxylation is 1. The zero-order chi connectivity index (χ0) is 10.7. The van der Waals surface area contributed by atoms with Gasteiger partial charge in [0.25, 0.3) is 0 Å². The second-order valence-electron chi connectivity index (χ2n) is 3.44. The summed E-state index contributed by atoms with van der Waals surface area (Å²) in [6.07, 6.45) is 3.51. The molecule has 0 bridgehead atoms. The molecule has 78 valence electrons. The van der Waals surface area contributed by atoms with Crippen LogP contribution in [-0.4, -0.2) is 19.4 Å². The van der Waals surface area contributed by atoms with Crippen molar-refractivity contribution < 1.29 is 4.21 Å². The molecular weight excluding hydrogens is 198 g/mol. The molecule has 1 heterocycles. The zero-order valence-electron chi connectivity index (χ0n) is 8.60. The number of hydrogen-bond acceptors (Lipinski definition) is 3. The van der Waals surface area contributed by atoms with Crippen molar-refractivity contribution in [1.82, 2.24) is 9.97 Å². The second kappa shape index (κ2) is 4.61. The van der Waals surface area contributed by atoms with E-state index in [9.17, 15) is 4.21 Å². The predicted octanol–water partition coefficient (Wildman–Crippen LogP) is 0.899. The van der Waals surface area contributed by atoms with Crippen LogP contribution in [0.5, 0.6) is 0 Å². The molecule has 1 aromatic heterocycles. The van der Waals surface area contributed by atoms with Crippen molar-refractivity contribution in [3.8, 4) is 0 Å². The maximum absolute atomic E-state index is 11.1. The minimum absolute atomic E-state index is 0.0152. The van der Waals surface area contributed by atoms with Gasteiger partial charge in [0.2, 0.25) is 0 Å². The maximum atomic E-state index is 11.1. The molecule has 0 saturated carbocycles. The molecule has 0 aliphatic rings. The van der Waals surface area contributed by atoms with Crippen LogP contribution in [0.25, 0.3) is 0 Å². The summed E-state index contributed by atoms with van der Waals surface area (Å²) < 4.78 is 11.1. The van der Waals surface area contributed by atoms with E-state index in [0.717, 1.165) is 5.56 Å². The van der Waals surface area contributed by atoms with E-state index >= 15 is 0 Å². The molecule has 0 spiro atoms. The zero-order valence-corrected chi connectivity index (χ0v) is 9.41. The normalized spacial score (nSPS) is 17.4. The average Bonchev–Trinajstić information content (AvgIpc) is 2.16. The summed E-state index contributed by atoms with van der Waals surface area (Å²) in [5.41, 5.74) is 1.02. The molecule has 3 unspecified atom stereocenters. The van der Waals surface area contributed by atoms with Crippen LogP contribution in [0.2, 0.25) is 0 Å². The SMILES string of the molecule is Cc1cnc(C(C)C(C)S(N)=O)nc1. The fourth-order valence-corrected chi connectivity index (χ4v) is 1.57. The van der Waals surface area contributed by atoms with Crippen molar-refractivity contribution in [3.63, 3.8) is 0 Å². The average molecular weight is 213 g/mol. The Balaban J connectivity index is 2.84. The van der Waals surface area contributed by atoms with E-state index in [-0.39, 0.29) is 11.2 Å². The summed E-state index contributed by atoms with van der Waals surface area (Å²) in [5, 5.41) is 5.19. The van der Waals surface area contributed by atoms with Gasteiger partial charge in [-0.05, 0) is 19.4 Å². The first-order valence-electron chi connectivity index (χ1n) is 4.46. The second-order valence-corrected chi connectivity index (χ2v) is 4.84. The fourth-order valence-electron chi connectivity index (χ4n) is 1.05. The molecule has 4 nitrogen and oxygen atoms in total. The van der Waals surface area contributed by atoms with Gasteiger partial charge in [0.1, 0.15) is 5.82 Å². The van der Waals surface area contributed by atoms with E-state index in [2.05, 4.69) is 9.97 Å². The minimum atomic E-state index is -1.33. The summed E-state index contributed by atoms with van der Waals surface area (Å²) in [4.78, 5) is 8.36. The van der Waals surface area contributed by atoms with E-state index < -0.39 is 11.0 Å². The highest BCUT2D eigenvalue weighted by molar-refractivity contribution is 7.83. The largest absolute Gasteiger partial charge is 0.252 e. The Morgan fingerprint density at radius 3 is 2.29 bits per heavy atom. The van der Waals surface area contributed by atoms with Gasteiger partial charge < -0.3 is 0 Å². The van der Waals surface area contributed by atoms with Crippen molar-refractivity contribution >= 4 is 11.0 Å². The lowest BCUT2D eigenvalue weighted by Gasteiger charge is -2.15. The maximum Gasteiger partial charge on any atom is 0.132 e. The molecule has 0 radical (unpaired) electrons. The van der Waals surface area contributed by atoms with Crippen molar-refractivity contribution in [2.75, 3.05) is 0 Å². The molecule has 0 aromatic carbocycles. The highest BCUT2D eigenvalue weighted by Gasteiger charge is 2.20. The van der Waals surface area contributed by atoms with Crippen molar-refractivity contribution in [3.05, 3.63) is 23.8 Å². The summed E-state index contributed by atoms with van der Waals surface area (Å²) in [7, 11) is -1.33. The standard InChI is InChI=1S/C9H15N3OS/c1-6-4-11-9(12-5-6)7(2)8(3)14(10)13/h4-5,7-8H,10H2,1-3H3. The van der Waals surface area contributed by atoms with Gasteiger partial charge in [0.05, 0.1) is 16.2 Å². The first-order valence-corrected chi connectivity index (χ1v) is 5.73. The minimum Gasteiger partial charge on any atom is -0.252 e. The molecule has 1 rings (SSSR count). The van der Waals surface area contributed by atoms with E-state index in [0.29, 0.717) is 5.82 Å². The van der Waals surface area contributed by atoms with Crippen LogP contribution >= 0.6 is 0 Å². The van der Waals surface area contributed by atoms with Gasteiger partial charge in [0, 0.05) is 18.3 Å². The van der Waals surface area contributed by atoms with E-state index in [1.807, 2.05) is 20.8 Å². The van der Waals surface area contributed by atoms with Gasteiger partial charge in [-0.2, -0.15) is 0 Å². The molecule has 0 aliphatic carbocycles. The Morgan fingerprint density at radius 1 is 1.36 bits per heavy atom. The Labute approximate surface area is 86.5 Å². The molecule has 0 amide bonds. The fraction of sp³-hybridized carbons (Fsp3) is 0.556. The van der Waals surface area contributed by atoms with E-state index in [4.69, 9.17) is 5.14 Å². The lowest BCUT2D eigenvalue weighted by Crippen LogP contribution is -2.25. The summed E-state index contributed by atoms with van der Waals surface area (Å²) >= 11 is 0. The Hall–Kier alpha value is -0.810. The van der Waals surface area contributed by atoms with Gasteiger partial charge in [-0.1, -0.05) is 6.92 Å². The third-order valence-electron chi connectivity index (χ3n) is 2.28. The lowest BCUT2D eigenvalue weighted by atomic mass is 10.1. The van der Waals surface area contributed by atoms with Crippen LogP contribution in [-0.2, 0) is 11.0 Å². The Bertz CT molecular complexity index is 325. The topological polar surface area (TPSA) is 68.9 Å². The van der Waals surface area contributed by atoms with Crippen LogP contribution in [0.3, 0.4) is 0 Å². The van der Waals surface area contributed by atoms with Crippen LogP contribution in [0.4, 0.5) is 0 Å². The Kier molecular flexibility index (Phi) is 3.71. The quantitative estimate of drug-likeness (QED) is 0.811. The van der Waals surface area contributed by atoms with Crippen molar-refractivity contribution in [1.29, 1.82) is 0 Å². The molecular formula is C9H15N3OS. The highest BCUT2D eigenvalue weighted by Crippen LogP contribution is 2.17. The van der Waals surface area contributed by atoms with Crippen molar-refractivity contribution in [2.24, 2.45) is 5.14 Å². The monoisotopic (exact) mass is 213 g/mol. The summed E-state index contributed by atoms with van der Waals surface area (Å²) in [5.74, 6) is 0.711. The highest BCUT2D eigenvalue weighted by atomic mass is 32.2. The van der Waals surface area contributed by atoms with Crippen LogP contribution < -0.4 is 5.14 Å². The number of nitrogens with two attached hydrogens (primary N) is 1. The molecule has 0 aliphatic heterocycles. The smallest absolute Gasteiger partial charge is 0.132 e. The number of nitrogens with zero attached hydrogens (tertiary/aromatic N) is 2. The van der Waals surface area contributed by atoms with E-state index in [1.165, 1.54) is 0 Å². The number of aromatic nitrogens is 2. The van der Waals surface area contributed by atoms with Crippen LogP contribution in [0, 0.1) is 6.92 Å². The molecule has 14 heavy (non-hydrogen) atoms. The Morgan fingerprint density at radius 2 is 1.86 bits per heavy atom.